The molecule has 3 saturated heterocycles. The first kappa shape index (κ1) is 21.2. The van der Waals surface area contributed by atoms with Crippen molar-refractivity contribution in [3.05, 3.63) is 23.7 Å². The summed E-state index contributed by atoms with van der Waals surface area (Å²) in [6.45, 7) is 3.26. The summed E-state index contributed by atoms with van der Waals surface area (Å²) in [6, 6.07) is 5.17. The summed E-state index contributed by atoms with van der Waals surface area (Å²) >= 11 is 0. The average Bonchev–Trinajstić information content (AvgIpc) is 3.32. The Balaban J connectivity index is 0.00000225. The minimum Gasteiger partial charge on any atom is -0.456 e. The lowest BCUT2D eigenvalue weighted by molar-refractivity contribution is -0.138. The zero-order chi connectivity index (χ0) is 19.0. The molecule has 0 radical (unpaired) electrons. The SMILES string of the molecule is CCc1ccc(C(=O)N2CCC(C(=O)N(C)C3CC4CCC(C3)N4)CC2)o1.Cl. The molecule has 3 fully saturated rings. The summed E-state index contributed by atoms with van der Waals surface area (Å²) < 4.78 is 5.59. The Morgan fingerprint density at radius 3 is 2.36 bits per heavy atom. The lowest BCUT2D eigenvalue weighted by Crippen LogP contribution is -2.51. The number of hydrogen-bond acceptors (Lipinski definition) is 4. The molecule has 0 aliphatic carbocycles. The van der Waals surface area contributed by atoms with E-state index in [1.807, 2.05) is 29.8 Å². The summed E-state index contributed by atoms with van der Waals surface area (Å²) in [5, 5.41) is 3.64. The normalized spacial score (nSPS) is 27.4. The number of halogens is 1. The molecule has 4 rings (SSSR count). The van der Waals surface area contributed by atoms with E-state index in [1.54, 1.807) is 6.07 Å². The molecule has 156 valence electrons. The van der Waals surface area contributed by atoms with Gasteiger partial charge >= 0.3 is 0 Å². The van der Waals surface area contributed by atoms with Gasteiger partial charge in [-0.05, 0) is 50.7 Å². The number of nitrogens with zero attached hydrogens (tertiary/aromatic N) is 2. The largest absolute Gasteiger partial charge is 0.456 e. The maximum Gasteiger partial charge on any atom is 0.289 e. The minimum atomic E-state index is -0.0520. The topological polar surface area (TPSA) is 65.8 Å². The number of nitrogens with one attached hydrogen (secondary N) is 1. The molecule has 2 amide bonds. The van der Waals surface area contributed by atoms with Crippen LogP contribution in [0.3, 0.4) is 0 Å². The van der Waals surface area contributed by atoms with E-state index in [2.05, 4.69) is 5.32 Å². The first-order valence-electron chi connectivity index (χ1n) is 10.5. The van der Waals surface area contributed by atoms with Crippen molar-refractivity contribution in [2.24, 2.45) is 5.92 Å². The van der Waals surface area contributed by atoms with Crippen LogP contribution in [0.1, 0.15) is 61.8 Å². The molecule has 0 saturated carbocycles. The van der Waals surface area contributed by atoms with Crippen LogP contribution in [0.2, 0.25) is 0 Å². The second-order valence-electron chi connectivity index (χ2n) is 8.40. The van der Waals surface area contributed by atoms with E-state index in [9.17, 15) is 9.59 Å². The van der Waals surface area contributed by atoms with Gasteiger partial charge in [-0.2, -0.15) is 0 Å². The maximum absolute atomic E-state index is 13.0. The van der Waals surface area contributed by atoms with Crippen LogP contribution in [0.4, 0.5) is 0 Å². The van der Waals surface area contributed by atoms with E-state index < -0.39 is 0 Å². The highest BCUT2D eigenvalue weighted by Gasteiger charge is 2.38. The highest BCUT2D eigenvalue weighted by molar-refractivity contribution is 5.91. The Kier molecular flexibility index (Phi) is 6.71. The molecule has 1 aromatic heterocycles. The van der Waals surface area contributed by atoms with Gasteiger partial charge < -0.3 is 19.5 Å². The molecule has 2 unspecified atom stereocenters. The van der Waals surface area contributed by atoms with Gasteiger partial charge in [0.05, 0.1) is 0 Å². The Morgan fingerprint density at radius 1 is 1.14 bits per heavy atom. The highest BCUT2D eigenvalue weighted by Crippen LogP contribution is 2.31. The number of furan rings is 1. The second-order valence-corrected chi connectivity index (χ2v) is 8.40. The fourth-order valence-corrected chi connectivity index (χ4v) is 4.98. The van der Waals surface area contributed by atoms with Crippen molar-refractivity contribution >= 4 is 24.2 Å². The van der Waals surface area contributed by atoms with Crippen LogP contribution < -0.4 is 5.32 Å². The summed E-state index contributed by atoms with van der Waals surface area (Å²) in [5.41, 5.74) is 0. The van der Waals surface area contributed by atoms with Crippen LogP contribution in [0.15, 0.2) is 16.5 Å². The predicted octanol–water partition coefficient (Wildman–Crippen LogP) is 2.86. The molecule has 1 N–H and O–H groups in total. The number of rotatable bonds is 4. The van der Waals surface area contributed by atoms with Crippen LogP contribution in [0, 0.1) is 5.92 Å². The van der Waals surface area contributed by atoms with E-state index in [1.165, 1.54) is 12.8 Å². The van der Waals surface area contributed by atoms with Gasteiger partial charge in [-0.25, -0.2) is 0 Å². The van der Waals surface area contributed by atoms with Crippen LogP contribution >= 0.6 is 12.4 Å². The van der Waals surface area contributed by atoms with E-state index in [0.29, 0.717) is 37.0 Å². The van der Waals surface area contributed by atoms with Crippen LogP contribution in [0.25, 0.3) is 0 Å². The monoisotopic (exact) mass is 409 g/mol. The molecule has 2 bridgehead atoms. The van der Waals surface area contributed by atoms with Gasteiger partial charge in [0.25, 0.3) is 5.91 Å². The van der Waals surface area contributed by atoms with Gasteiger partial charge in [-0.15, -0.1) is 12.4 Å². The third kappa shape index (κ3) is 4.23. The van der Waals surface area contributed by atoms with Crippen molar-refractivity contribution in [2.45, 2.75) is 70.0 Å². The number of piperidine rings is 2. The number of amides is 2. The summed E-state index contributed by atoms with van der Waals surface area (Å²) in [5.74, 6) is 1.50. The van der Waals surface area contributed by atoms with E-state index in [4.69, 9.17) is 4.42 Å². The smallest absolute Gasteiger partial charge is 0.289 e. The van der Waals surface area contributed by atoms with Crippen LogP contribution in [-0.2, 0) is 11.2 Å². The van der Waals surface area contributed by atoms with E-state index in [-0.39, 0.29) is 30.1 Å². The van der Waals surface area contributed by atoms with Crippen LogP contribution in [0.5, 0.6) is 0 Å². The molecule has 2 atom stereocenters. The number of carbonyl (C=O) groups excluding carboxylic acids is 2. The van der Waals surface area contributed by atoms with Gasteiger partial charge in [-0.1, -0.05) is 6.92 Å². The maximum atomic E-state index is 13.0. The molecule has 0 aromatic carbocycles. The third-order valence-electron chi connectivity index (χ3n) is 6.70. The van der Waals surface area contributed by atoms with E-state index in [0.717, 1.165) is 37.9 Å². The molecule has 1 aromatic rings. The molecule has 28 heavy (non-hydrogen) atoms. The van der Waals surface area contributed by atoms with Gasteiger partial charge in [0.1, 0.15) is 5.76 Å². The minimum absolute atomic E-state index is 0. The third-order valence-corrected chi connectivity index (χ3v) is 6.70. The van der Waals surface area contributed by atoms with Crippen molar-refractivity contribution in [1.29, 1.82) is 0 Å². The Bertz CT molecular complexity index is 687. The van der Waals surface area contributed by atoms with Gasteiger partial charge in [0.15, 0.2) is 5.76 Å². The fourth-order valence-electron chi connectivity index (χ4n) is 4.98. The highest BCUT2D eigenvalue weighted by atomic mass is 35.5. The molecule has 4 heterocycles. The van der Waals surface area contributed by atoms with Crippen molar-refractivity contribution in [1.82, 2.24) is 15.1 Å². The number of likely N-dealkylation sites (tertiary alicyclic amines) is 1. The molecular weight excluding hydrogens is 378 g/mol. The lowest BCUT2D eigenvalue weighted by Gasteiger charge is -2.39. The summed E-state index contributed by atoms with van der Waals surface area (Å²) in [7, 11) is 1.98. The van der Waals surface area contributed by atoms with Gasteiger partial charge in [-0.3, -0.25) is 9.59 Å². The molecule has 7 heteroatoms. The average molecular weight is 410 g/mol. The Hall–Kier alpha value is -1.53. The number of hydrogen-bond donors (Lipinski definition) is 1. The van der Waals surface area contributed by atoms with Crippen molar-refractivity contribution in [3.63, 3.8) is 0 Å². The van der Waals surface area contributed by atoms with Crippen LogP contribution in [-0.4, -0.2) is 59.9 Å². The molecular formula is C21H32ClN3O3. The van der Waals surface area contributed by atoms with Gasteiger partial charge in [0, 0.05) is 50.6 Å². The number of aryl methyl sites for hydroxylation is 1. The second kappa shape index (κ2) is 8.87. The van der Waals surface area contributed by atoms with Crippen molar-refractivity contribution in [2.75, 3.05) is 20.1 Å². The molecule has 3 aliphatic rings. The molecule has 0 spiro atoms. The first-order chi connectivity index (χ1) is 13.0. The first-order valence-corrected chi connectivity index (χ1v) is 10.5. The van der Waals surface area contributed by atoms with Gasteiger partial charge in [0.2, 0.25) is 5.91 Å². The number of fused-ring (bicyclic) bond motifs is 2. The molecule has 3 aliphatic heterocycles. The Morgan fingerprint density at radius 2 is 1.79 bits per heavy atom. The lowest BCUT2D eigenvalue weighted by atomic mass is 9.92. The molecule has 6 nitrogen and oxygen atoms in total. The van der Waals surface area contributed by atoms with Crippen molar-refractivity contribution < 1.29 is 14.0 Å². The number of carbonyl (C=O) groups is 2. The zero-order valence-electron chi connectivity index (χ0n) is 16.9. The Labute approximate surface area is 173 Å². The zero-order valence-corrected chi connectivity index (χ0v) is 17.7. The standard InChI is InChI=1S/C21H31N3O3.ClH/c1-3-18-6-7-19(27-18)21(26)24-10-8-14(9-11-24)20(25)23(2)17-12-15-4-5-16(13-17)22-15;/h6-7,14-17,22H,3-5,8-13H2,1-2H3;1H. The quantitative estimate of drug-likeness (QED) is 0.830. The summed E-state index contributed by atoms with van der Waals surface area (Å²) in [4.78, 5) is 29.4. The van der Waals surface area contributed by atoms with Crippen molar-refractivity contribution in [3.8, 4) is 0 Å². The predicted molar refractivity (Wildman–Crippen MR) is 110 cm³/mol. The fraction of sp³-hybridized carbons (Fsp3) is 0.714. The van der Waals surface area contributed by atoms with E-state index >= 15 is 0 Å². The summed E-state index contributed by atoms with van der Waals surface area (Å²) in [6.07, 6.45) is 6.92.